The fourth-order valence-corrected chi connectivity index (χ4v) is 1.96. The minimum absolute atomic E-state index is 0.172. The van der Waals surface area contributed by atoms with Crippen LogP contribution in [0.4, 0.5) is 5.82 Å². The molecule has 110 valence electrons. The lowest BCUT2D eigenvalue weighted by atomic mass is 10.2. The van der Waals surface area contributed by atoms with E-state index in [1.807, 2.05) is 13.8 Å². The monoisotopic (exact) mass is 287 g/mol. The lowest BCUT2D eigenvalue weighted by Crippen LogP contribution is -2.22. The van der Waals surface area contributed by atoms with E-state index in [9.17, 15) is 9.59 Å². The van der Waals surface area contributed by atoms with Crippen molar-refractivity contribution in [1.29, 1.82) is 0 Å². The smallest absolute Gasteiger partial charge is 0.263 e. The molecular weight excluding hydrogens is 270 g/mol. The third-order valence-electron chi connectivity index (χ3n) is 3.18. The normalized spacial score (nSPS) is 10.2. The lowest BCUT2D eigenvalue weighted by Gasteiger charge is -2.09. The summed E-state index contributed by atoms with van der Waals surface area (Å²) in [7, 11) is 1.76. The van der Waals surface area contributed by atoms with Crippen LogP contribution in [0, 0.1) is 13.8 Å². The predicted molar refractivity (Wildman–Crippen MR) is 78.6 cm³/mol. The van der Waals surface area contributed by atoms with Crippen molar-refractivity contribution in [2.24, 2.45) is 7.05 Å². The summed E-state index contributed by atoms with van der Waals surface area (Å²) in [5, 5.41) is 6.98. The molecule has 0 saturated heterocycles. The van der Waals surface area contributed by atoms with E-state index in [0.717, 1.165) is 11.3 Å². The number of ether oxygens (including phenoxy) is 1. The Hall–Kier alpha value is -2.63. The Morgan fingerprint density at radius 1 is 1.38 bits per heavy atom. The Morgan fingerprint density at radius 3 is 2.71 bits per heavy atom. The van der Waals surface area contributed by atoms with E-state index in [1.54, 1.807) is 36.0 Å². The summed E-state index contributed by atoms with van der Waals surface area (Å²) >= 11 is 0. The van der Waals surface area contributed by atoms with Gasteiger partial charge in [0.1, 0.15) is 11.6 Å². The average molecular weight is 287 g/mol. The molecule has 1 heterocycles. The van der Waals surface area contributed by atoms with Gasteiger partial charge in [0.15, 0.2) is 12.9 Å². The van der Waals surface area contributed by atoms with Crippen LogP contribution in [0.2, 0.25) is 0 Å². The van der Waals surface area contributed by atoms with Gasteiger partial charge in [0, 0.05) is 12.6 Å². The molecule has 2 aromatic rings. The number of hydrogen-bond donors (Lipinski definition) is 1. The maximum absolute atomic E-state index is 11.9. The Balaban J connectivity index is 2.01. The number of para-hydroxylation sites is 1. The molecule has 1 N–H and O–H groups in total. The molecule has 0 saturated carbocycles. The first-order valence-corrected chi connectivity index (χ1v) is 6.50. The highest BCUT2D eigenvalue weighted by molar-refractivity contribution is 5.92. The number of hydrogen-bond acceptors (Lipinski definition) is 4. The van der Waals surface area contributed by atoms with Crippen molar-refractivity contribution in [3.05, 3.63) is 41.1 Å². The summed E-state index contributed by atoms with van der Waals surface area (Å²) in [6.07, 6.45) is 0.696. The molecule has 21 heavy (non-hydrogen) atoms. The number of aryl methyl sites for hydroxylation is 2. The van der Waals surface area contributed by atoms with Crippen molar-refractivity contribution < 1.29 is 14.3 Å². The zero-order chi connectivity index (χ0) is 15.4. The van der Waals surface area contributed by atoms with Crippen molar-refractivity contribution in [2.45, 2.75) is 13.8 Å². The molecule has 1 amide bonds. The van der Waals surface area contributed by atoms with Crippen molar-refractivity contribution in [1.82, 2.24) is 9.78 Å². The third-order valence-corrected chi connectivity index (χ3v) is 3.18. The van der Waals surface area contributed by atoms with E-state index in [-0.39, 0.29) is 12.5 Å². The highest BCUT2D eigenvalue weighted by atomic mass is 16.5. The topological polar surface area (TPSA) is 73.2 Å². The second kappa shape index (κ2) is 6.21. The molecular formula is C15H17N3O3. The van der Waals surface area contributed by atoms with E-state index < -0.39 is 0 Å². The highest BCUT2D eigenvalue weighted by Gasteiger charge is 2.13. The number of nitrogens with one attached hydrogen (secondary N) is 1. The van der Waals surface area contributed by atoms with Gasteiger partial charge in [-0.3, -0.25) is 14.3 Å². The summed E-state index contributed by atoms with van der Waals surface area (Å²) in [6, 6.07) is 6.76. The van der Waals surface area contributed by atoms with Crippen LogP contribution in [-0.2, 0) is 11.8 Å². The molecule has 0 fully saturated rings. The average Bonchev–Trinajstić information content (AvgIpc) is 2.72. The first kappa shape index (κ1) is 14.8. The van der Waals surface area contributed by atoms with Crippen molar-refractivity contribution in [3.63, 3.8) is 0 Å². The fraction of sp³-hybridized carbons (Fsp3) is 0.267. The van der Waals surface area contributed by atoms with Crippen LogP contribution >= 0.6 is 0 Å². The Morgan fingerprint density at radius 2 is 2.10 bits per heavy atom. The van der Waals surface area contributed by atoms with Gasteiger partial charge in [0.2, 0.25) is 0 Å². The van der Waals surface area contributed by atoms with Gasteiger partial charge in [-0.1, -0.05) is 12.1 Å². The molecule has 1 aromatic heterocycles. The highest BCUT2D eigenvalue weighted by Crippen LogP contribution is 2.18. The lowest BCUT2D eigenvalue weighted by molar-refractivity contribution is -0.118. The molecule has 2 rings (SSSR count). The number of aromatic nitrogens is 2. The molecule has 0 spiro atoms. The summed E-state index contributed by atoms with van der Waals surface area (Å²) in [4.78, 5) is 22.8. The number of carbonyl (C=O) groups is 2. The van der Waals surface area contributed by atoms with Gasteiger partial charge in [-0.2, -0.15) is 5.10 Å². The first-order chi connectivity index (χ1) is 10.0. The summed E-state index contributed by atoms with van der Waals surface area (Å²) in [5.41, 5.74) is 2.19. The molecule has 6 heteroatoms. The van der Waals surface area contributed by atoms with E-state index >= 15 is 0 Å². The summed E-state index contributed by atoms with van der Waals surface area (Å²) in [6.45, 7) is 3.59. The molecule has 1 aromatic carbocycles. The number of amides is 1. The zero-order valence-electron chi connectivity index (χ0n) is 12.2. The van der Waals surface area contributed by atoms with Gasteiger partial charge in [-0.05, 0) is 26.0 Å². The molecule has 0 aliphatic carbocycles. The molecule has 0 atom stereocenters. The number of anilines is 1. The first-order valence-electron chi connectivity index (χ1n) is 6.50. The minimum Gasteiger partial charge on any atom is -0.483 e. The molecule has 6 nitrogen and oxygen atoms in total. The standard InChI is InChI=1S/C15H17N3O3/c1-10-11(2)17-18(3)15(10)16-14(20)9-21-13-7-5-4-6-12(13)8-19/h4-8H,9H2,1-3H3,(H,16,20). The van der Waals surface area contributed by atoms with Crippen molar-refractivity contribution >= 4 is 18.0 Å². The van der Waals surface area contributed by atoms with Gasteiger partial charge >= 0.3 is 0 Å². The second-order valence-electron chi connectivity index (χ2n) is 4.68. The third kappa shape index (κ3) is 3.28. The SMILES string of the molecule is Cc1nn(C)c(NC(=O)COc2ccccc2C=O)c1C. The summed E-state index contributed by atoms with van der Waals surface area (Å²) < 4.78 is 6.99. The van der Waals surface area contributed by atoms with Crippen LogP contribution in [0.15, 0.2) is 24.3 Å². The summed E-state index contributed by atoms with van der Waals surface area (Å²) in [5.74, 6) is 0.729. The quantitative estimate of drug-likeness (QED) is 0.852. The van der Waals surface area contributed by atoms with E-state index in [0.29, 0.717) is 23.4 Å². The zero-order valence-corrected chi connectivity index (χ0v) is 12.2. The Labute approximate surface area is 122 Å². The van der Waals surface area contributed by atoms with Crippen LogP contribution in [0.5, 0.6) is 5.75 Å². The van der Waals surface area contributed by atoms with Crippen LogP contribution in [0.25, 0.3) is 0 Å². The largest absolute Gasteiger partial charge is 0.483 e. The van der Waals surface area contributed by atoms with Crippen LogP contribution in [-0.4, -0.2) is 28.6 Å². The number of benzene rings is 1. The Bertz CT molecular complexity index is 677. The molecule has 0 aliphatic heterocycles. The maximum atomic E-state index is 11.9. The number of aldehydes is 1. The van der Waals surface area contributed by atoms with Gasteiger partial charge < -0.3 is 10.1 Å². The van der Waals surface area contributed by atoms with Gasteiger partial charge in [0.05, 0.1) is 11.3 Å². The van der Waals surface area contributed by atoms with Crippen LogP contribution in [0.1, 0.15) is 21.6 Å². The van der Waals surface area contributed by atoms with Crippen molar-refractivity contribution in [3.8, 4) is 5.75 Å². The number of carbonyl (C=O) groups excluding carboxylic acids is 2. The molecule has 0 unspecified atom stereocenters. The van der Waals surface area contributed by atoms with E-state index in [2.05, 4.69) is 10.4 Å². The van der Waals surface area contributed by atoms with Gasteiger partial charge in [-0.25, -0.2) is 0 Å². The van der Waals surface area contributed by atoms with Crippen molar-refractivity contribution in [2.75, 3.05) is 11.9 Å². The van der Waals surface area contributed by atoms with E-state index in [4.69, 9.17) is 4.74 Å². The van der Waals surface area contributed by atoms with Crippen LogP contribution in [0.3, 0.4) is 0 Å². The van der Waals surface area contributed by atoms with Gasteiger partial charge in [-0.15, -0.1) is 0 Å². The number of nitrogens with zero attached hydrogens (tertiary/aromatic N) is 2. The van der Waals surface area contributed by atoms with E-state index in [1.165, 1.54) is 0 Å². The maximum Gasteiger partial charge on any atom is 0.263 e. The minimum atomic E-state index is -0.304. The Kier molecular flexibility index (Phi) is 4.37. The predicted octanol–water partition coefficient (Wildman–Crippen LogP) is 1.87. The fourth-order valence-electron chi connectivity index (χ4n) is 1.96. The second-order valence-corrected chi connectivity index (χ2v) is 4.68. The molecule has 0 radical (unpaired) electrons. The van der Waals surface area contributed by atoms with Crippen LogP contribution < -0.4 is 10.1 Å². The van der Waals surface area contributed by atoms with Gasteiger partial charge in [0.25, 0.3) is 5.91 Å². The number of rotatable bonds is 5. The molecule has 0 aliphatic rings. The molecule has 0 bridgehead atoms.